The highest BCUT2D eigenvalue weighted by atomic mass is 32.1. The topological polar surface area (TPSA) is 68.9 Å². The Morgan fingerprint density at radius 1 is 1.10 bits per heavy atom. The Bertz CT molecular complexity index is 1270. The van der Waals surface area contributed by atoms with E-state index in [0.717, 1.165) is 33.4 Å². The Kier molecular flexibility index (Phi) is 4.84. The first kappa shape index (κ1) is 19.1. The number of fused-ring (bicyclic) bond motifs is 1. The van der Waals surface area contributed by atoms with Crippen molar-refractivity contribution < 1.29 is 4.79 Å². The summed E-state index contributed by atoms with van der Waals surface area (Å²) in [7, 11) is 1.71. The predicted octanol–water partition coefficient (Wildman–Crippen LogP) is 4.03. The van der Waals surface area contributed by atoms with E-state index in [4.69, 9.17) is 0 Å². The van der Waals surface area contributed by atoms with Crippen LogP contribution in [0, 0.1) is 20.8 Å². The summed E-state index contributed by atoms with van der Waals surface area (Å²) in [6, 6.07) is 11.7. The van der Waals surface area contributed by atoms with Crippen LogP contribution in [-0.2, 0) is 18.4 Å². The fourth-order valence-electron chi connectivity index (χ4n) is 3.85. The molecule has 0 aliphatic heterocycles. The first-order valence-corrected chi connectivity index (χ1v) is 10.2. The molecule has 0 spiro atoms. The number of para-hydroxylation sites is 2. The molecule has 0 unspecified atom stereocenters. The van der Waals surface area contributed by atoms with Gasteiger partial charge in [0, 0.05) is 18.0 Å². The van der Waals surface area contributed by atoms with Gasteiger partial charge in [0.15, 0.2) is 5.13 Å². The van der Waals surface area contributed by atoms with Crippen molar-refractivity contribution in [1.82, 2.24) is 14.1 Å². The minimum absolute atomic E-state index is 0.0578. The van der Waals surface area contributed by atoms with Crippen molar-refractivity contribution in [2.45, 2.75) is 27.3 Å². The summed E-state index contributed by atoms with van der Waals surface area (Å²) in [6.07, 6.45) is 0. The van der Waals surface area contributed by atoms with Crippen molar-refractivity contribution in [2.75, 3.05) is 5.32 Å². The van der Waals surface area contributed by atoms with E-state index in [-0.39, 0.29) is 18.1 Å². The second-order valence-corrected chi connectivity index (χ2v) is 8.13. The zero-order chi connectivity index (χ0) is 20.7. The quantitative estimate of drug-likeness (QED) is 0.556. The van der Waals surface area contributed by atoms with Crippen LogP contribution in [0.4, 0.5) is 5.13 Å². The van der Waals surface area contributed by atoms with Crippen LogP contribution >= 0.6 is 11.3 Å². The second kappa shape index (κ2) is 7.33. The second-order valence-electron chi connectivity index (χ2n) is 7.28. The summed E-state index contributed by atoms with van der Waals surface area (Å²) >= 11 is 1.38. The van der Waals surface area contributed by atoms with Gasteiger partial charge in [-0.3, -0.25) is 13.9 Å². The summed E-state index contributed by atoms with van der Waals surface area (Å²) in [6.45, 7) is 6.16. The molecule has 0 aliphatic rings. The van der Waals surface area contributed by atoms with Gasteiger partial charge in [0.25, 0.3) is 0 Å². The van der Waals surface area contributed by atoms with Gasteiger partial charge >= 0.3 is 5.69 Å². The lowest BCUT2D eigenvalue weighted by Crippen LogP contribution is -2.28. The van der Waals surface area contributed by atoms with E-state index < -0.39 is 0 Å². The molecule has 0 saturated carbocycles. The van der Waals surface area contributed by atoms with E-state index in [0.29, 0.717) is 5.13 Å². The van der Waals surface area contributed by atoms with E-state index in [1.165, 1.54) is 21.5 Å². The summed E-state index contributed by atoms with van der Waals surface area (Å²) < 4.78 is 3.03. The largest absolute Gasteiger partial charge is 0.329 e. The van der Waals surface area contributed by atoms with Crippen LogP contribution in [0.3, 0.4) is 0 Å². The van der Waals surface area contributed by atoms with Gasteiger partial charge in [-0.15, -0.1) is 11.3 Å². The standard InChI is InChI=1S/C22H22N4O2S/c1-13-9-14(2)20(15(3)10-13)16-12-29-21(23-16)24-19(27)11-26-18-8-6-5-7-17(18)25(4)22(26)28/h5-10,12H,11H2,1-4H3,(H,23,24,27). The minimum atomic E-state index is -0.276. The van der Waals surface area contributed by atoms with E-state index in [1.807, 2.05) is 29.6 Å². The Hall–Kier alpha value is -3.19. The van der Waals surface area contributed by atoms with Gasteiger partial charge in [-0.05, 0) is 44.0 Å². The van der Waals surface area contributed by atoms with Crippen LogP contribution in [0.2, 0.25) is 0 Å². The van der Waals surface area contributed by atoms with Crippen molar-refractivity contribution in [3.8, 4) is 11.3 Å². The Labute approximate surface area is 172 Å². The molecule has 2 aromatic heterocycles. The van der Waals surface area contributed by atoms with Crippen LogP contribution in [0.1, 0.15) is 16.7 Å². The number of carbonyl (C=O) groups excluding carboxylic acids is 1. The molecule has 2 heterocycles. The van der Waals surface area contributed by atoms with Crippen LogP contribution in [0.15, 0.2) is 46.6 Å². The highest BCUT2D eigenvalue weighted by Crippen LogP contribution is 2.31. The molecule has 29 heavy (non-hydrogen) atoms. The number of imidazole rings is 1. The molecule has 0 fully saturated rings. The number of benzene rings is 2. The molecule has 0 saturated heterocycles. The van der Waals surface area contributed by atoms with Gasteiger partial charge in [0.05, 0.1) is 16.7 Å². The van der Waals surface area contributed by atoms with Gasteiger partial charge in [-0.1, -0.05) is 29.8 Å². The van der Waals surface area contributed by atoms with Crippen LogP contribution in [-0.4, -0.2) is 20.0 Å². The smallest absolute Gasteiger partial charge is 0.300 e. The Morgan fingerprint density at radius 3 is 2.45 bits per heavy atom. The molecule has 0 bridgehead atoms. The summed E-state index contributed by atoms with van der Waals surface area (Å²) in [5, 5.41) is 5.31. The average molecular weight is 407 g/mol. The molecule has 2 aromatic carbocycles. The Morgan fingerprint density at radius 2 is 1.76 bits per heavy atom. The lowest BCUT2D eigenvalue weighted by molar-refractivity contribution is -0.116. The number of aryl methyl sites for hydroxylation is 4. The number of amides is 1. The lowest BCUT2D eigenvalue weighted by atomic mass is 9.98. The number of hydrogen-bond donors (Lipinski definition) is 1. The first-order chi connectivity index (χ1) is 13.8. The van der Waals surface area contributed by atoms with E-state index in [9.17, 15) is 9.59 Å². The highest BCUT2D eigenvalue weighted by Gasteiger charge is 2.15. The summed E-state index contributed by atoms with van der Waals surface area (Å²) in [5.41, 5.74) is 6.80. The van der Waals surface area contributed by atoms with Crippen LogP contribution in [0.5, 0.6) is 0 Å². The number of thiazole rings is 1. The zero-order valence-corrected chi connectivity index (χ0v) is 17.6. The van der Waals surface area contributed by atoms with E-state index >= 15 is 0 Å². The van der Waals surface area contributed by atoms with E-state index in [1.54, 1.807) is 11.6 Å². The van der Waals surface area contributed by atoms with Crippen LogP contribution < -0.4 is 11.0 Å². The lowest BCUT2D eigenvalue weighted by Gasteiger charge is -2.08. The fourth-order valence-corrected chi connectivity index (χ4v) is 4.57. The third-order valence-electron chi connectivity index (χ3n) is 5.04. The van der Waals surface area contributed by atoms with E-state index in [2.05, 4.69) is 43.2 Å². The number of aromatic nitrogens is 3. The number of nitrogens with zero attached hydrogens (tertiary/aromatic N) is 3. The Balaban J connectivity index is 1.57. The molecule has 0 radical (unpaired) electrons. The zero-order valence-electron chi connectivity index (χ0n) is 16.8. The van der Waals surface area contributed by atoms with Gasteiger partial charge in [-0.2, -0.15) is 0 Å². The molecule has 0 atom stereocenters. The predicted molar refractivity (Wildman–Crippen MR) is 118 cm³/mol. The molecule has 1 N–H and O–H groups in total. The maximum Gasteiger partial charge on any atom is 0.329 e. The number of hydrogen-bond acceptors (Lipinski definition) is 4. The summed E-state index contributed by atoms with van der Waals surface area (Å²) in [5.74, 6) is -0.276. The monoisotopic (exact) mass is 406 g/mol. The normalized spacial score (nSPS) is 11.2. The maximum atomic E-state index is 12.6. The summed E-state index contributed by atoms with van der Waals surface area (Å²) in [4.78, 5) is 29.7. The van der Waals surface area contributed by atoms with Crippen LogP contribution in [0.25, 0.3) is 22.3 Å². The SMILES string of the molecule is Cc1cc(C)c(-c2csc(NC(=O)Cn3c(=O)n(C)c4ccccc43)n2)c(C)c1. The molecule has 148 valence electrons. The molecule has 1 amide bonds. The molecule has 7 heteroatoms. The van der Waals surface area contributed by atoms with Gasteiger partial charge in [-0.25, -0.2) is 9.78 Å². The molecular formula is C22H22N4O2S. The van der Waals surface area contributed by atoms with Gasteiger partial charge in [0.1, 0.15) is 6.54 Å². The molecular weight excluding hydrogens is 384 g/mol. The third kappa shape index (κ3) is 3.49. The number of nitrogens with one attached hydrogen (secondary N) is 1. The van der Waals surface area contributed by atoms with Crippen molar-refractivity contribution in [3.63, 3.8) is 0 Å². The van der Waals surface area contributed by atoms with Crippen molar-refractivity contribution in [2.24, 2.45) is 7.05 Å². The van der Waals surface area contributed by atoms with Crippen molar-refractivity contribution in [3.05, 3.63) is 69.0 Å². The number of rotatable bonds is 4. The molecule has 0 aliphatic carbocycles. The third-order valence-corrected chi connectivity index (χ3v) is 5.79. The van der Waals surface area contributed by atoms with Crippen molar-refractivity contribution >= 4 is 33.4 Å². The maximum absolute atomic E-state index is 12.6. The average Bonchev–Trinajstić information content (AvgIpc) is 3.20. The molecule has 4 rings (SSSR count). The highest BCUT2D eigenvalue weighted by molar-refractivity contribution is 7.14. The molecule has 4 aromatic rings. The van der Waals surface area contributed by atoms with Gasteiger partial charge < -0.3 is 5.32 Å². The minimum Gasteiger partial charge on any atom is -0.300 e. The molecule has 6 nitrogen and oxygen atoms in total. The van der Waals surface area contributed by atoms with Crippen molar-refractivity contribution in [1.29, 1.82) is 0 Å². The first-order valence-electron chi connectivity index (χ1n) is 9.33. The fraction of sp³-hybridized carbons (Fsp3) is 0.227. The number of carbonyl (C=O) groups is 1. The van der Waals surface area contributed by atoms with Gasteiger partial charge in [0.2, 0.25) is 5.91 Å². The number of anilines is 1.